The predicted octanol–water partition coefficient (Wildman–Crippen LogP) is 8.13. The Morgan fingerprint density at radius 1 is 0.512 bits per heavy atom. The van der Waals surface area contributed by atoms with Gasteiger partial charge in [-0.1, -0.05) is 103 Å². The highest BCUT2D eigenvalue weighted by molar-refractivity contribution is 6.62. The molecule has 3 heteroatoms. The molecule has 0 N–H and O–H groups in total. The molecule has 8 rings (SSSR count). The third kappa shape index (κ3) is 4.25. The van der Waals surface area contributed by atoms with Crippen LogP contribution in [0.5, 0.6) is 0 Å². The fourth-order valence-electron chi connectivity index (χ4n) is 6.86. The second-order valence-corrected chi connectivity index (χ2v) is 13.1. The van der Waals surface area contributed by atoms with Crippen LogP contribution in [0.4, 0.5) is 0 Å². The Morgan fingerprint density at radius 2 is 1.00 bits per heavy atom. The molecule has 6 aromatic carbocycles. The van der Waals surface area contributed by atoms with Crippen LogP contribution in [-0.4, -0.2) is 18.3 Å². The zero-order chi connectivity index (χ0) is 29.3. The molecule has 0 radical (unpaired) electrons. The quantitative estimate of drug-likeness (QED) is 0.204. The first-order valence-electron chi connectivity index (χ1n) is 15.4. The lowest BCUT2D eigenvalue weighted by Crippen LogP contribution is -2.41. The number of benzene rings is 6. The molecule has 210 valence electrons. The maximum atomic E-state index is 6.54. The zero-order valence-electron chi connectivity index (χ0n) is 25.3. The van der Waals surface area contributed by atoms with Crippen molar-refractivity contribution in [2.75, 3.05) is 0 Å². The van der Waals surface area contributed by atoms with Gasteiger partial charge in [-0.15, -0.1) is 0 Å². The van der Waals surface area contributed by atoms with E-state index in [0.717, 1.165) is 18.3 Å². The van der Waals surface area contributed by atoms with Crippen molar-refractivity contribution in [3.63, 3.8) is 0 Å². The Balaban J connectivity index is 1.46. The van der Waals surface area contributed by atoms with Crippen LogP contribution < -0.4 is 15.9 Å². The first kappa shape index (κ1) is 26.5. The van der Waals surface area contributed by atoms with Gasteiger partial charge in [-0.3, -0.25) is 0 Å². The molecule has 0 unspecified atom stereocenters. The molecule has 43 heavy (non-hydrogen) atoms. The largest absolute Gasteiger partial charge is 0.494 e. The van der Waals surface area contributed by atoms with E-state index in [1.54, 1.807) is 0 Å². The van der Waals surface area contributed by atoms with E-state index in [4.69, 9.17) is 9.31 Å². The molecule has 2 nitrogen and oxygen atoms in total. The lowest BCUT2D eigenvalue weighted by atomic mass is 9.76. The van der Waals surface area contributed by atoms with Crippen molar-refractivity contribution < 1.29 is 9.31 Å². The van der Waals surface area contributed by atoms with Crippen molar-refractivity contribution in [2.24, 2.45) is 0 Å². The minimum atomic E-state index is -0.422. The fourth-order valence-corrected chi connectivity index (χ4v) is 6.86. The summed E-state index contributed by atoms with van der Waals surface area (Å²) >= 11 is 0. The van der Waals surface area contributed by atoms with Crippen molar-refractivity contribution in [3.8, 4) is 22.3 Å². The molecule has 1 saturated heterocycles. The summed E-state index contributed by atoms with van der Waals surface area (Å²) in [4.78, 5) is 0. The molecule has 0 bridgehead atoms. The smallest absolute Gasteiger partial charge is 0.399 e. The van der Waals surface area contributed by atoms with E-state index in [2.05, 4.69) is 143 Å². The molecule has 6 aromatic rings. The Hall–Kier alpha value is -4.18. The van der Waals surface area contributed by atoms with E-state index >= 15 is 0 Å². The van der Waals surface area contributed by atoms with Crippen LogP contribution in [0.25, 0.3) is 66.7 Å². The van der Waals surface area contributed by atoms with Crippen LogP contribution in [0, 0.1) is 0 Å². The van der Waals surface area contributed by atoms with Gasteiger partial charge in [0.25, 0.3) is 0 Å². The van der Waals surface area contributed by atoms with Gasteiger partial charge in [0.15, 0.2) is 0 Å². The van der Waals surface area contributed by atoms with Crippen LogP contribution in [0.2, 0.25) is 0 Å². The number of rotatable bonds is 3. The Bertz CT molecular complexity index is 2190. The molecular weight excluding hydrogens is 523 g/mol. The van der Waals surface area contributed by atoms with Gasteiger partial charge in [0.1, 0.15) is 0 Å². The minimum absolute atomic E-state index is 0.400. The first-order valence-corrected chi connectivity index (χ1v) is 15.4. The van der Waals surface area contributed by atoms with Gasteiger partial charge in [-0.2, -0.15) is 0 Å². The van der Waals surface area contributed by atoms with Crippen molar-refractivity contribution in [1.82, 2.24) is 0 Å². The van der Waals surface area contributed by atoms with E-state index in [9.17, 15) is 0 Å². The Labute approximate surface area is 253 Å². The standard InChI is InChI=1S/C40H35BO2/c1-39(2)40(3,4)43-41(42-39)32-21-22-35-36(25-32)38(31-20-18-27-12-6-8-14-29(27)24-31)34-16-10-9-15-33(34)37(35)30-19-17-26-11-5-7-13-28(26)23-30/h5-8,11-25H,9-10H2,1-4H3. The van der Waals surface area contributed by atoms with Crippen molar-refractivity contribution in [3.05, 3.63) is 114 Å². The monoisotopic (exact) mass is 558 g/mol. The molecule has 0 aromatic heterocycles. The van der Waals surface area contributed by atoms with Crippen LogP contribution in [0.15, 0.2) is 103 Å². The predicted molar refractivity (Wildman–Crippen MR) is 183 cm³/mol. The van der Waals surface area contributed by atoms with Gasteiger partial charge >= 0.3 is 7.12 Å². The molecule has 1 heterocycles. The molecular formula is C40H35BO2. The van der Waals surface area contributed by atoms with Crippen molar-refractivity contribution in [1.29, 1.82) is 0 Å². The highest BCUT2D eigenvalue weighted by Crippen LogP contribution is 2.38. The zero-order valence-corrected chi connectivity index (χ0v) is 25.3. The summed E-state index contributed by atoms with van der Waals surface area (Å²) in [5.74, 6) is 0. The molecule has 2 aliphatic rings. The molecule has 1 fully saturated rings. The summed E-state index contributed by atoms with van der Waals surface area (Å²) in [5.41, 5.74) is 5.33. The molecule has 0 spiro atoms. The average molecular weight is 559 g/mol. The van der Waals surface area contributed by atoms with Crippen LogP contribution in [0.3, 0.4) is 0 Å². The van der Waals surface area contributed by atoms with Crippen LogP contribution in [0.1, 0.15) is 40.5 Å². The third-order valence-electron chi connectivity index (χ3n) is 9.88. The fraction of sp³-hybridized carbons (Fsp3) is 0.200. The summed E-state index contributed by atoms with van der Waals surface area (Å²) in [6, 6.07) is 37.9. The number of fused-ring (bicyclic) bond motifs is 4. The van der Waals surface area contributed by atoms with Gasteiger partial charge in [0.05, 0.1) is 11.2 Å². The van der Waals surface area contributed by atoms with Gasteiger partial charge in [-0.25, -0.2) is 0 Å². The first-order chi connectivity index (χ1) is 20.8. The summed E-state index contributed by atoms with van der Waals surface area (Å²) in [6.07, 6.45) is 6.98. The maximum Gasteiger partial charge on any atom is 0.494 e. The molecule has 0 amide bonds. The lowest BCUT2D eigenvalue weighted by Gasteiger charge is -2.32. The molecule has 0 atom stereocenters. The normalized spacial score (nSPS) is 17.2. The lowest BCUT2D eigenvalue weighted by molar-refractivity contribution is 0.00578. The SMILES string of the molecule is CC1(C)OB(c2ccc3c(-c4ccc5ccccc5c4)c4c(c(-c5ccc6ccccc6c5)c3c2)=CCCC=4)OC1(C)C. The van der Waals surface area contributed by atoms with Gasteiger partial charge < -0.3 is 9.31 Å². The van der Waals surface area contributed by atoms with Gasteiger partial charge in [0, 0.05) is 0 Å². The summed E-state index contributed by atoms with van der Waals surface area (Å²) < 4.78 is 13.1. The molecule has 0 saturated carbocycles. The van der Waals surface area contributed by atoms with Crippen LogP contribution >= 0.6 is 0 Å². The van der Waals surface area contributed by atoms with E-state index < -0.39 is 18.3 Å². The van der Waals surface area contributed by atoms with E-state index in [0.29, 0.717) is 0 Å². The van der Waals surface area contributed by atoms with Crippen molar-refractivity contribution in [2.45, 2.75) is 51.7 Å². The van der Waals surface area contributed by atoms with E-state index in [-0.39, 0.29) is 0 Å². The van der Waals surface area contributed by atoms with Gasteiger partial charge in [0.2, 0.25) is 0 Å². The highest BCUT2D eigenvalue weighted by Gasteiger charge is 2.51. The summed E-state index contributed by atoms with van der Waals surface area (Å²) in [6.45, 7) is 8.47. The highest BCUT2D eigenvalue weighted by atomic mass is 16.7. The topological polar surface area (TPSA) is 18.5 Å². The average Bonchev–Trinajstić information content (AvgIpc) is 3.25. The van der Waals surface area contributed by atoms with Crippen LogP contribution in [-0.2, 0) is 9.31 Å². The second-order valence-electron chi connectivity index (χ2n) is 13.1. The molecule has 1 aliphatic carbocycles. The van der Waals surface area contributed by atoms with Gasteiger partial charge in [-0.05, 0) is 123 Å². The minimum Gasteiger partial charge on any atom is -0.399 e. The number of hydrogen-bond acceptors (Lipinski definition) is 2. The molecule has 1 aliphatic heterocycles. The third-order valence-corrected chi connectivity index (χ3v) is 9.88. The Kier molecular flexibility index (Phi) is 5.95. The summed E-state index contributed by atoms with van der Waals surface area (Å²) in [7, 11) is -0.422. The summed E-state index contributed by atoms with van der Waals surface area (Å²) in [5, 5.41) is 10.2. The maximum absolute atomic E-state index is 6.54. The van der Waals surface area contributed by atoms with E-state index in [1.165, 1.54) is 65.0 Å². The number of hydrogen-bond donors (Lipinski definition) is 0. The van der Waals surface area contributed by atoms with Crippen molar-refractivity contribution >= 4 is 57.1 Å². The Morgan fingerprint density at radius 3 is 1.53 bits per heavy atom. The second kappa shape index (κ2) is 9.67. The van der Waals surface area contributed by atoms with E-state index in [1.807, 2.05) is 0 Å².